The summed E-state index contributed by atoms with van der Waals surface area (Å²) in [5, 5.41) is 5.65. The van der Waals surface area contributed by atoms with E-state index in [1.807, 2.05) is 0 Å². The van der Waals surface area contributed by atoms with Crippen molar-refractivity contribution in [1.82, 2.24) is 0 Å². The normalized spacial score (nSPS) is 10.3. The highest BCUT2D eigenvalue weighted by Gasteiger charge is 2.08. The lowest BCUT2D eigenvalue weighted by Gasteiger charge is -2.07. The van der Waals surface area contributed by atoms with Crippen LogP contribution < -0.4 is 10.6 Å². The first-order valence-corrected chi connectivity index (χ1v) is 11.4. The van der Waals surface area contributed by atoms with E-state index < -0.39 is 11.9 Å². The standard InChI is InChI=1S/C26H32N2O6/c1-33-25(31)19-11-15-21(16-12-19)27-23(29)9-7-5-3-4-6-8-10-24(30)28-22-17-13-20(14-18-22)26(32)34-2/h11-18H,3-10H2,1-2H3,(H,27,29)(H,28,30). The highest BCUT2D eigenvalue weighted by atomic mass is 16.5. The molecule has 0 aromatic heterocycles. The van der Waals surface area contributed by atoms with Gasteiger partial charge in [0.05, 0.1) is 25.3 Å². The number of carbonyl (C=O) groups is 4. The number of carbonyl (C=O) groups excluding carboxylic acids is 4. The summed E-state index contributed by atoms with van der Waals surface area (Å²) in [7, 11) is 2.65. The van der Waals surface area contributed by atoms with Crippen molar-refractivity contribution in [1.29, 1.82) is 0 Å². The fraction of sp³-hybridized carbons (Fsp3) is 0.385. The van der Waals surface area contributed by atoms with Crippen molar-refractivity contribution in [2.45, 2.75) is 51.4 Å². The summed E-state index contributed by atoms with van der Waals surface area (Å²) >= 11 is 0. The molecular weight excluding hydrogens is 436 g/mol. The topological polar surface area (TPSA) is 111 Å². The first-order valence-electron chi connectivity index (χ1n) is 11.4. The number of anilines is 2. The number of nitrogens with one attached hydrogen (secondary N) is 2. The molecule has 8 heteroatoms. The van der Waals surface area contributed by atoms with Crippen molar-refractivity contribution in [3.05, 3.63) is 59.7 Å². The molecule has 0 heterocycles. The number of amides is 2. The summed E-state index contributed by atoms with van der Waals surface area (Å²) in [5.74, 6) is -0.931. The minimum absolute atomic E-state index is 0.0536. The lowest BCUT2D eigenvalue weighted by molar-refractivity contribution is -0.117. The van der Waals surface area contributed by atoms with E-state index >= 15 is 0 Å². The van der Waals surface area contributed by atoms with Crippen molar-refractivity contribution in [3.63, 3.8) is 0 Å². The molecular formula is C26H32N2O6. The number of ether oxygens (including phenoxy) is 2. The molecule has 2 aromatic carbocycles. The maximum atomic E-state index is 12.0. The number of benzene rings is 2. The van der Waals surface area contributed by atoms with Gasteiger partial charge in [0.25, 0.3) is 0 Å². The molecule has 0 aliphatic heterocycles. The van der Waals surface area contributed by atoms with E-state index in [2.05, 4.69) is 20.1 Å². The van der Waals surface area contributed by atoms with Crippen LogP contribution >= 0.6 is 0 Å². The molecule has 0 atom stereocenters. The molecule has 8 nitrogen and oxygen atoms in total. The molecule has 0 fully saturated rings. The van der Waals surface area contributed by atoms with E-state index in [1.54, 1.807) is 48.5 Å². The van der Waals surface area contributed by atoms with Crippen LogP contribution in [-0.4, -0.2) is 38.0 Å². The zero-order chi connectivity index (χ0) is 24.8. The van der Waals surface area contributed by atoms with Gasteiger partial charge in [-0.05, 0) is 61.4 Å². The first kappa shape index (κ1) is 26.6. The van der Waals surface area contributed by atoms with Crippen LogP contribution in [0.4, 0.5) is 11.4 Å². The third-order valence-corrected chi connectivity index (χ3v) is 5.24. The summed E-state index contributed by atoms with van der Waals surface area (Å²) in [6.45, 7) is 0. The minimum atomic E-state index is -0.412. The Morgan fingerprint density at radius 1 is 0.559 bits per heavy atom. The molecule has 2 N–H and O–H groups in total. The second-order valence-corrected chi connectivity index (χ2v) is 7.86. The second kappa shape index (κ2) is 14.5. The van der Waals surface area contributed by atoms with Gasteiger partial charge in [0.1, 0.15) is 0 Å². The molecule has 0 bridgehead atoms. The van der Waals surface area contributed by atoms with E-state index in [-0.39, 0.29) is 11.8 Å². The summed E-state index contributed by atoms with van der Waals surface area (Å²) in [6, 6.07) is 13.2. The third-order valence-electron chi connectivity index (χ3n) is 5.24. The monoisotopic (exact) mass is 468 g/mol. The lowest BCUT2D eigenvalue weighted by atomic mass is 10.1. The van der Waals surface area contributed by atoms with E-state index in [9.17, 15) is 19.2 Å². The van der Waals surface area contributed by atoms with Gasteiger partial charge in [0.2, 0.25) is 11.8 Å². The Labute approximate surface area is 200 Å². The Morgan fingerprint density at radius 2 is 0.882 bits per heavy atom. The molecule has 0 spiro atoms. The van der Waals surface area contributed by atoms with Crippen LogP contribution in [0.3, 0.4) is 0 Å². The first-order chi connectivity index (χ1) is 16.4. The average Bonchev–Trinajstić information content (AvgIpc) is 2.85. The molecule has 2 aromatic rings. The highest BCUT2D eigenvalue weighted by Crippen LogP contribution is 2.14. The maximum absolute atomic E-state index is 12.0. The van der Waals surface area contributed by atoms with Gasteiger partial charge in [-0.1, -0.05) is 25.7 Å². The van der Waals surface area contributed by atoms with Gasteiger partial charge in [-0.2, -0.15) is 0 Å². The lowest BCUT2D eigenvalue weighted by Crippen LogP contribution is -2.11. The molecule has 2 rings (SSSR count). The van der Waals surface area contributed by atoms with Gasteiger partial charge < -0.3 is 20.1 Å². The summed E-state index contributed by atoms with van der Waals surface area (Å²) in [4.78, 5) is 46.9. The molecule has 182 valence electrons. The van der Waals surface area contributed by atoms with Gasteiger partial charge in [-0.15, -0.1) is 0 Å². The number of rotatable bonds is 13. The van der Waals surface area contributed by atoms with Crippen molar-refractivity contribution in [2.75, 3.05) is 24.9 Å². The molecule has 0 radical (unpaired) electrons. The Bertz CT molecular complexity index is 875. The van der Waals surface area contributed by atoms with Crippen LogP contribution in [0.15, 0.2) is 48.5 Å². The van der Waals surface area contributed by atoms with Crippen LogP contribution in [0.25, 0.3) is 0 Å². The maximum Gasteiger partial charge on any atom is 0.337 e. The van der Waals surface area contributed by atoms with Crippen molar-refractivity contribution in [3.8, 4) is 0 Å². The number of unbranched alkanes of at least 4 members (excludes halogenated alkanes) is 5. The quantitative estimate of drug-likeness (QED) is 0.318. The summed E-state index contributed by atoms with van der Waals surface area (Å²) in [6.07, 6.45) is 6.41. The molecule has 0 aliphatic rings. The molecule has 2 amide bonds. The molecule has 0 unspecified atom stereocenters. The number of esters is 2. The van der Waals surface area contributed by atoms with Crippen LogP contribution in [-0.2, 0) is 19.1 Å². The van der Waals surface area contributed by atoms with Crippen LogP contribution in [0.5, 0.6) is 0 Å². The smallest absolute Gasteiger partial charge is 0.337 e. The fourth-order valence-corrected chi connectivity index (χ4v) is 3.34. The largest absolute Gasteiger partial charge is 0.465 e. The van der Waals surface area contributed by atoms with Gasteiger partial charge in [0, 0.05) is 24.2 Å². The molecule has 0 saturated heterocycles. The van der Waals surface area contributed by atoms with Crippen LogP contribution in [0.2, 0.25) is 0 Å². The summed E-state index contributed by atoms with van der Waals surface area (Å²) < 4.78 is 9.30. The zero-order valence-electron chi connectivity index (χ0n) is 19.7. The van der Waals surface area contributed by atoms with E-state index in [0.717, 1.165) is 38.5 Å². The zero-order valence-corrected chi connectivity index (χ0v) is 19.7. The van der Waals surface area contributed by atoms with Gasteiger partial charge in [-0.3, -0.25) is 9.59 Å². The Kier molecular flexibility index (Phi) is 11.3. The predicted octanol–water partition coefficient (Wildman–Crippen LogP) is 4.96. The van der Waals surface area contributed by atoms with E-state index in [4.69, 9.17) is 0 Å². The Hall–Kier alpha value is -3.68. The second-order valence-electron chi connectivity index (χ2n) is 7.86. The highest BCUT2D eigenvalue weighted by molar-refractivity contribution is 5.93. The molecule has 0 saturated carbocycles. The average molecular weight is 469 g/mol. The van der Waals surface area contributed by atoms with Crippen molar-refractivity contribution in [2.24, 2.45) is 0 Å². The summed E-state index contributed by atoms with van der Waals surface area (Å²) in [5.41, 5.74) is 2.17. The van der Waals surface area contributed by atoms with Crippen LogP contribution in [0, 0.1) is 0 Å². The SMILES string of the molecule is COC(=O)c1ccc(NC(=O)CCCCCCCCC(=O)Nc2ccc(C(=O)OC)cc2)cc1. The van der Waals surface area contributed by atoms with E-state index in [1.165, 1.54) is 14.2 Å². The number of hydrogen-bond donors (Lipinski definition) is 2. The Balaban J connectivity index is 1.51. The predicted molar refractivity (Wildman–Crippen MR) is 130 cm³/mol. The van der Waals surface area contributed by atoms with Crippen molar-refractivity contribution < 1.29 is 28.7 Å². The fourth-order valence-electron chi connectivity index (χ4n) is 3.34. The number of hydrogen-bond acceptors (Lipinski definition) is 6. The van der Waals surface area contributed by atoms with E-state index in [0.29, 0.717) is 35.3 Å². The van der Waals surface area contributed by atoms with Crippen LogP contribution in [0.1, 0.15) is 72.1 Å². The number of methoxy groups -OCH3 is 2. The third kappa shape index (κ3) is 9.44. The molecule has 0 aliphatic carbocycles. The van der Waals surface area contributed by atoms with Gasteiger partial charge in [-0.25, -0.2) is 9.59 Å². The Morgan fingerprint density at radius 3 is 1.21 bits per heavy atom. The minimum Gasteiger partial charge on any atom is -0.465 e. The van der Waals surface area contributed by atoms with Gasteiger partial charge in [0.15, 0.2) is 0 Å². The molecule has 34 heavy (non-hydrogen) atoms. The van der Waals surface area contributed by atoms with Gasteiger partial charge >= 0.3 is 11.9 Å². The van der Waals surface area contributed by atoms with Crippen molar-refractivity contribution >= 4 is 35.1 Å².